The normalized spacial score (nSPS) is 15.8. The zero-order valence-electron chi connectivity index (χ0n) is 12.8. The van der Waals surface area contributed by atoms with Crippen LogP contribution in [0.5, 0.6) is 0 Å². The van der Waals surface area contributed by atoms with Gasteiger partial charge in [-0.15, -0.1) is 0 Å². The van der Waals surface area contributed by atoms with Gasteiger partial charge in [0.15, 0.2) is 0 Å². The molecule has 0 spiro atoms. The molecule has 4 heteroatoms. The van der Waals surface area contributed by atoms with Crippen LogP contribution in [-0.4, -0.2) is 34.9 Å². The van der Waals surface area contributed by atoms with Crippen LogP contribution in [-0.2, 0) is 4.79 Å². The van der Waals surface area contributed by atoms with Crippen molar-refractivity contribution in [2.75, 3.05) is 6.61 Å². The highest BCUT2D eigenvalue weighted by Crippen LogP contribution is 2.26. The Labute approximate surface area is 116 Å². The molecule has 0 aliphatic carbocycles. The molecule has 0 aromatic heterocycles. The minimum absolute atomic E-state index is 0.00147. The zero-order chi connectivity index (χ0) is 15.1. The van der Waals surface area contributed by atoms with Gasteiger partial charge in [0.05, 0.1) is 18.8 Å². The average Bonchev–Trinajstić information content (AvgIpc) is 2.30. The van der Waals surface area contributed by atoms with Crippen molar-refractivity contribution >= 4 is 5.91 Å². The molecule has 1 amide bonds. The number of hydrogen-bond donors (Lipinski definition) is 3. The lowest BCUT2D eigenvalue weighted by Crippen LogP contribution is -2.44. The molecule has 0 aromatic carbocycles. The first-order valence-electron chi connectivity index (χ1n) is 6.93. The molecule has 3 N–H and O–H groups in total. The van der Waals surface area contributed by atoms with Crippen LogP contribution >= 0.6 is 0 Å². The van der Waals surface area contributed by atoms with E-state index in [9.17, 15) is 9.90 Å². The third kappa shape index (κ3) is 8.78. The predicted molar refractivity (Wildman–Crippen MR) is 77.7 cm³/mol. The number of allylic oxidation sites excluding steroid dienone is 1. The van der Waals surface area contributed by atoms with Gasteiger partial charge in [0, 0.05) is 6.92 Å². The number of hydrogen-bond acceptors (Lipinski definition) is 3. The molecule has 0 radical (unpaired) electrons. The van der Waals surface area contributed by atoms with Gasteiger partial charge in [-0.25, -0.2) is 0 Å². The van der Waals surface area contributed by atoms with Crippen molar-refractivity contribution in [3.63, 3.8) is 0 Å². The number of amides is 1. The SMILES string of the molecule is CC(=O)N[C@@H](CO)[C@H](O)/C=C/C(C)(C)CCC(C)C. The second kappa shape index (κ2) is 8.33. The van der Waals surface area contributed by atoms with Gasteiger partial charge in [0.1, 0.15) is 0 Å². The lowest BCUT2D eigenvalue weighted by atomic mass is 9.84. The topological polar surface area (TPSA) is 69.6 Å². The van der Waals surface area contributed by atoms with Crippen molar-refractivity contribution in [3.05, 3.63) is 12.2 Å². The molecule has 0 bridgehead atoms. The van der Waals surface area contributed by atoms with Crippen molar-refractivity contribution in [2.24, 2.45) is 11.3 Å². The van der Waals surface area contributed by atoms with Crippen LogP contribution in [0.1, 0.15) is 47.5 Å². The average molecular weight is 271 g/mol. The van der Waals surface area contributed by atoms with E-state index in [1.165, 1.54) is 6.92 Å². The van der Waals surface area contributed by atoms with Crippen molar-refractivity contribution in [2.45, 2.75) is 59.6 Å². The van der Waals surface area contributed by atoms with E-state index in [0.29, 0.717) is 5.92 Å². The molecule has 4 nitrogen and oxygen atoms in total. The zero-order valence-corrected chi connectivity index (χ0v) is 12.8. The molecule has 112 valence electrons. The molecule has 0 aliphatic rings. The monoisotopic (exact) mass is 271 g/mol. The first kappa shape index (κ1) is 18.1. The van der Waals surface area contributed by atoms with Crippen LogP contribution in [0.2, 0.25) is 0 Å². The molecule has 0 aliphatic heterocycles. The fourth-order valence-corrected chi connectivity index (χ4v) is 1.74. The summed E-state index contributed by atoms with van der Waals surface area (Å²) < 4.78 is 0. The number of rotatable bonds is 8. The van der Waals surface area contributed by atoms with Gasteiger partial charge >= 0.3 is 0 Å². The Bertz CT molecular complexity index is 298. The predicted octanol–water partition coefficient (Wildman–Crippen LogP) is 1.86. The van der Waals surface area contributed by atoms with E-state index in [2.05, 4.69) is 33.0 Å². The van der Waals surface area contributed by atoms with Crippen LogP contribution in [0.4, 0.5) is 0 Å². The maximum absolute atomic E-state index is 10.9. The number of nitrogens with one attached hydrogen (secondary N) is 1. The number of aliphatic hydroxyl groups is 2. The van der Waals surface area contributed by atoms with Crippen molar-refractivity contribution < 1.29 is 15.0 Å². The Balaban J connectivity index is 4.45. The summed E-state index contributed by atoms with van der Waals surface area (Å²) in [5.41, 5.74) is 0.00147. The third-order valence-corrected chi connectivity index (χ3v) is 3.11. The maximum atomic E-state index is 10.9. The Hall–Kier alpha value is -0.870. The second-order valence-electron chi connectivity index (χ2n) is 6.26. The van der Waals surface area contributed by atoms with Gasteiger partial charge in [-0.05, 0) is 17.8 Å². The molecule has 19 heavy (non-hydrogen) atoms. The maximum Gasteiger partial charge on any atom is 0.217 e. The van der Waals surface area contributed by atoms with Crippen molar-refractivity contribution in [1.82, 2.24) is 5.32 Å². The minimum Gasteiger partial charge on any atom is -0.394 e. The van der Waals surface area contributed by atoms with Gasteiger partial charge in [0.25, 0.3) is 0 Å². The number of carbonyl (C=O) groups excluding carboxylic acids is 1. The van der Waals surface area contributed by atoms with Gasteiger partial charge in [-0.3, -0.25) is 4.79 Å². The molecular formula is C15H29NO3. The van der Waals surface area contributed by atoms with E-state index in [4.69, 9.17) is 5.11 Å². The highest BCUT2D eigenvalue weighted by Gasteiger charge is 2.19. The van der Waals surface area contributed by atoms with Crippen molar-refractivity contribution in [1.29, 1.82) is 0 Å². The molecule has 0 rings (SSSR count). The fraction of sp³-hybridized carbons (Fsp3) is 0.800. The summed E-state index contributed by atoms with van der Waals surface area (Å²) in [6.45, 7) is 9.69. The van der Waals surface area contributed by atoms with Gasteiger partial charge in [0.2, 0.25) is 5.91 Å². The van der Waals surface area contributed by atoms with E-state index >= 15 is 0 Å². The molecular weight excluding hydrogens is 242 g/mol. The fourth-order valence-electron chi connectivity index (χ4n) is 1.74. The van der Waals surface area contributed by atoms with Crippen molar-refractivity contribution in [3.8, 4) is 0 Å². The standard InChI is InChI=1S/C15H29NO3/c1-11(2)6-8-15(4,5)9-7-14(19)13(10-17)16-12(3)18/h7,9,11,13-14,17,19H,6,8,10H2,1-5H3,(H,16,18)/b9-7+/t13-,14+/m0/s1. The molecule has 0 unspecified atom stereocenters. The Morgan fingerprint density at radius 3 is 2.37 bits per heavy atom. The summed E-state index contributed by atoms with van der Waals surface area (Å²) in [4.78, 5) is 10.9. The lowest BCUT2D eigenvalue weighted by molar-refractivity contribution is -0.120. The van der Waals surface area contributed by atoms with Gasteiger partial charge in [-0.2, -0.15) is 0 Å². The molecule has 2 atom stereocenters. The van der Waals surface area contributed by atoms with Gasteiger partial charge < -0.3 is 15.5 Å². The first-order valence-corrected chi connectivity index (χ1v) is 6.93. The summed E-state index contributed by atoms with van der Waals surface area (Å²) in [5, 5.41) is 21.6. The van der Waals surface area contributed by atoms with Crippen LogP contribution in [0.3, 0.4) is 0 Å². The summed E-state index contributed by atoms with van der Waals surface area (Å²) in [6, 6.07) is -0.644. The molecule has 0 fully saturated rings. The largest absolute Gasteiger partial charge is 0.394 e. The smallest absolute Gasteiger partial charge is 0.217 e. The highest BCUT2D eigenvalue weighted by molar-refractivity contribution is 5.73. The number of carbonyl (C=O) groups is 1. The molecule has 0 saturated carbocycles. The Morgan fingerprint density at radius 1 is 1.37 bits per heavy atom. The van der Waals surface area contributed by atoms with E-state index < -0.39 is 12.1 Å². The first-order chi connectivity index (χ1) is 8.68. The Morgan fingerprint density at radius 2 is 1.95 bits per heavy atom. The van der Waals surface area contributed by atoms with E-state index in [0.717, 1.165) is 12.8 Å². The summed E-state index contributed by atoms with van der Waals surface area (Å²) >= 11 is 0. The summed E-state index contributed by atoms with van der Waals surface area (Å²) in [7, 11) is 0. The molecule has 0 aromatic rings. The lowest BCUT2D eigenvalue weighted by Gasteiger charge is -2.24. The quantitative estimate of drug-likeness (QED) is 0.590. The number of aliphatic hydroxyl groups excluding tert-OH is 2. The van der Waals surface area contributed by atoms with Gasteiger partial charge in [-0.1, -0.05) is 46.3 Å². The Kier molecular flexibility index (Phi) is 7.95. The third-order valence-electron chi connectivity index (χ3n) is 3.11. The summed E-state index contributed by atoms with van der Waals surface area (Å²) in [5.74, 6) is 0.396. The second-order valence-corrected chi connectivity index (χ2v) is 6.26. The molecule has 0 heterocycles. The van der Waals surface area contributed by atoms with Crippen LogP contribution in [0.25, 0.3) is 0 Å². The van der Waals surface area contributed by atoms with Crippen LogP contribution in [0, 0.1) is 11.3 Å². The molecule has 0 saturated heterocycles. The van der Waals surface area contributed by atoms with E-state index in [-0.39, 0.29) is 17.9 Å². The van der Waals surface area contributed by atoms with Crippen LogP contribution in [0.15, 0.2) is 12.2 Å². The highest BCUT2D eigenvalue weighted by atomic mass is 16.3. The van der Waals surface area contributed by atoms with E-state index in [1.54, 1.807) is 6.08 Å². The van der Waals surface area contributed by atoms with E-state index in [1.807, 2.05) is 6.08 Å². The summed E-state index contributed by atoms with van der Waals surface area (Å²) in [6.07, 6.45) is 4.93. The van der Waals surface area contributed by atoms with Crippen LogP contribution < -0.4 is 5.32 Å². The minimum atomic E-state index is -0.868.